The number of hydrogen-bond acceptors (Lipinski definition) is 3. The van der Waals surface area contributed by atoms with E-state index in [0.717, 1.165) is 11.6 Å². The van der Waals surface area contributed by atoms with E-state index in [0.29, 0.717) is 29.2 Å². The molecule has 0 fully saturated rings. The number of hydrogen-bond donors (Lipinski definition) is 0. The molecule has 4 nitrogen and oxygen atoms in total. The summed E-state index contributed by atoms with van der Waals surface area (Å²) in [4.78, 5) is 0.0861. The Morgan fingerprint density at radius 2 is 1.71 bits per heavy atom. The Bertz CT molecular complexity index is 1170. The van der Waals surface area contributed by atoms with Crippen LogP contribution in [0.2, 0.25) is 0 Å². The maximum atomic E-state index is 13.8. The summed E-state index contributed by atoms with van der Waals surface area (Å²) in [7, 11) is -3.75. The second kappa shape index (κ2) is 7.18. The van der Waals surface area contributed by atoms with Crippen LogP contribution in [0.3, 0.4) is 0 Å². The Balaban J connectivity index is 1.64. The van der Waals surface area contributed by atoms with Gasteiger partial charge in [-0.15, -0.1) is 0 Å². The lowest BCUT2D eigenvalue weighted by Crippen LogP contribution is -2.29. The smallest absolute Gasteiger partial charge is 0.264 e. The van der Waals surface area contributed by atoms with E-state index in [9.17, 15) is 17.2 Å². The molecule has 0 saturated carbocycles. The highest BCUT2D eigenvalue weighted by Gasteiger charge is 2.31. The van der Waals surface area contributed by atoms with Crippen LogP contribution in [-0.2, 0) is 16.4 Å². The molecule has 1 aliphatic heterocycles. The Kier molecular flexibility index (Phi) is 4.84. The lowest BCUT2D eigenvalue weighted by Gasteiger charge is -2.20. The second-order valence-corrected chi connectivity index (χ2v) is 8.94. The van der Waals surface area contributed by atoms with Gasteiger partial charge in [0, 0.05) is 12.6 Å². The normalized spacial score (nSPS) is 13.5. The molecule has 3 aromatic carbocycles. The summed E-state index contributed by atoms with van der Waals surface area (Å²) in [5.41, 5.74) is 1.66. The van der Waals surface area contributed by atoms with Crippen LogP contribution in [0.4, 0.5) is 14.5 Å². The predicted octanol–water partition coefficient (Wildman–Crippen LogP) is 5.27. The van der Waals surface area contributed by atoms with Crippen molar-refractivity contribution in [2.24, 2.45) is 0 Å². The molecule has 0 N–H and O–H groups in total. The first kappa shape index (κ1) is 18.9. The van der Waals surface area contributed by atoms with Gasteiger partial charge < -0.3 is 4.74 Å². The molecule has 0 atom stereocenters. The molecule has 0 saturated heterocycles. The first-order chi connectivity index (χ1) is 13.4. The van der Waals surface area contributed by atoms with Crippen molar-refractivity contribution >= 4 is 31.6 Å². The summed E-state index contributed by atoms with van der Waals surface area (Å²) in [5.74, 6) is -1.51. The van der Waals surface area contributed by atoms with Crippen molar-refractivity contribution in [1.82, 2.24) is 0 Å². The van der Waals surface area contributed by atoms with Crippen LogP contribution < -0.4 is 9.04 Å². The maximum Gasteiger partial charge on any atom is 0.264 e. The van der Waals surface area contributed by atoms with Gasteiger partial charge in [-0.1, -0.05) is 18.2 Å². The zero-order chi connectivity index (χ0) is 19.9. The molecule has 1 heterocycles. The van der Waals surface area contributed by atoms with Crippen molar-refractivity contribution in [2.45, 2.75) is 11.3 Å². The standard InChI is InChI=1S/C20H14BrF2NO3S/c21-16-12-15(6-8-19(16)27-20-7-5-14(22)11-17(20)23)28(25,26)24-10-9-13-3-1-2-4-18(13)24/h1-8,11-12H,9-10H2. The third-order valence-corrected chi connectivity index (χ3v) is 6.88. The van der Waals surface area contributed by atoms with E-state index in [1.807, 2.05) is 12.1 Å². The Hall–Kier alpha value is -2.45. The van der Waals surface area contributed by atoms with Gasteiger partial charge in [0.15, 0.2) is 11.6 Å². The highest BCUT2D eigenvalue weighted by atomic mass is 79.9. The molecule has 0 unspecified atom stereocenters. The van der Waals surface area contributed by atoms with Crippen molar-refractivity contribution in [3.8, 4) is 11.5 Å². The minimum atomic E-state index is -3.75. The number of anilines is 1. The minimum absolute atomic E-state index is 0.0861. The van der Waals surface area contributed by atoms with Gasteiger partial charge in [0.1, 0.15) is 11.6 Å². The predicted molar refractivity (Wildman–Crippen MR) is 105 cm³/mol. The highest BCUT2D eigenvalue weighted by molar-refractivity contribution is 9.10. The topological polar surface area (TPSA) is 46.6 Å². The molecule has 3 aromatic rings. The van der Waals surface area contributed by atoms with Crippen LogP contribution in [0.25, 0.3) is 0 Å². The van der Waals surface area contributed by atoms with E-state index in [1.54, 1.807) is 12.1 Å². The molecule has 0 amide bonds. The molecule has 4 rings (SSSR count). The zero-order valence-electron chi connectivity index (χ0n) is 14.4. The van der Waals surface area contributed by atoms with E-state index in [4.69, 9.17) is 4.74 Å². The van der Waals surface area contributed by atoms with E-state index in [-0.39, 0.29) is 16.4 Å². The molecule has 0 aliphatic carbocycles. The summed E-state index contributed by atoms with van der Waals surface area (Å²) < 4.78 is 60.1. The largest absolute Gasteiger partial charge is 0.453 e. The molecule has 0 aromatic heterocycles. The summed E-state index contributed by atoms with van der Waals surface area (Å²) >= 11 is 3.27. The molecule has 1 aliphatic rings. The van der Waals surface area contributed by atoms with Crippen LogP contribution in [0.5, 0.6) is 11.5 Å². The number of sulfonamides is 1. The molecule has 0 bridgehead atoms. The fraction of sp³-hybridized carbons (Fsp3) is 0.100. The van der Waals surface area contributed by atoms with Crippen LogP contribution in [0, 0.1) is 11.6 Å². The highest BCUT2D eigenvalue weighted by Crippen LogP contribution is 2.36. The maximum absolute atomic E-state index is 13.8. The van der Waals surface area contributed by atoms with Gasteiger partial charge in [-0.05, 0) is 64.3 Å². The monoisotopic (exact) mass is 465 g/mol. The van der Waals surface area contributed by atoms with Gasteiger partial charge >= 0.3 is 0 Å². The molecule has 144 valence electrons. The minimum Gasteiger partial charge on any atom is -0.453 e. The van der Waals surface area contributed by atoms with Crippen molar-refractivity contribution < 1.29 is 21.9 Å². The zero-order valence-corrected chi connectivity index (χ0v) is 16.8. The van der Waals surface area contributed by atoms with Crippen LogP contribution in [0.1, 0.15) is 5.56 Å². The number of halogens is 3. The number of rotatable bonds is 4. The Labute approximate surface area is 169 Å². The summed E-state index contributed by atoms with van der Waals surface area (Å²) in [6.07, 6.45) is 0.654. The molecular formula is C20H14BrF2NO3S. The van der Waals surface area contributed by atoms with E-state index in [1.165, 1.54) is 28.6 Å². The van der Waals surface area contributed by atoms with Gasteiger partial charge in [-0.3, -0.25) is 4.31 Å². The van der Waals surface area contributed by atoms with Crippen molar-refractivity contribution in [3.63, 3.8) is 0 Å². The van der Waals surface area contributed by atoms with E-state index < -0.39 is 21.7 Å². The Morgan fingerprint density at radius 1 is 0.964 bits per heavy atom. The molecular weight excluding hydrogens is 452 g/mol. The fourth-order valence-corrected chi connectivity index (χ4v) is 5.23. The quantitative estimate of drug-likeness (QED) is 0.527. The first-order valence-corrected chi connectivity index (χ1v) is 10.6. The lowest BCUT2D eigenvalue weighted by atomic mass is 10.2. The number of para-hydroxylation sites is 1. The van der Waals surface area contributed by atoms with Gasteiger partial charge in [0.05, 0.1) is 15.1 Å². The molecule has 8 heteroatoms. The summed E-state index contributed by atoms with van der Waals surface area (Å²) in [6, 6.07) is 14.6. The van der Waals surface area contributed by atoms with Crippen molar-refractivity contribution in [3.05, 3.63) is 82.3 Å². The average Bonchev–Trinajstić information content (AvgIpc) is 3.10. The van der Waals surface area contributed by atoms with Crippen LogP contribution in [-0.4, -0.2) is 15.0 Å². The number of fused-ring (bicyclic) bond motifs is 1. The van der Waals surface area contributed by atoms with Crippen LogP contribution >= 0.6 is 15.9 Å². The summed E-state index contributed by atoms with van der Waals surface area (Å²) in [6.45, 7) is 0.373. The fourth-order valence-electron chi connectivity index (χ4n) is 3.09. The third-order valence-electron chi connectivity index (χ3n) is 4.45. The van der Waals surface area contributed by atoms with Crippen LogP contribution in [0.15, 0.2) is 70.0 Å². The second-order valence-electron chi connectivity index (χ2n) is 6.22. The molecule has 0 spiro atoms. The van der Waals surface area contributed by atoms with Gasteiger partial charge in [0.25, 0.3) is 10.0 Å². The number of benzene rings is 3. The van der Waals surface area contributed by atoms with E-state index >= 15 is 0 Å². The SMILES string of the molecule is O=S(=O)(c1ccc(Oc2ccc(F)cc2F)c(Br)c1)N1CCc2ccccc21. The average molecular weight is 466 g/mol. The van der Waals surface area contributed by atoms with Gasteiger partial charge in [-0.2, -0.15) is 0 Å². The number of nitrogens with zero attached hydrogens (tertiary/aromatic N) is 1. The van der Waals surface area contributed by atoms with Gasteiger partial charge in [-0.25, -0.2) is 17.2 Å². The molecule has 28 heavy (non-hydrogen) atoms. The number of ether oxygens (including phenoxy) is 1. The summed E-state index contributed by atoms with van der Waals surface area (Å²) in [5, 5.41) is 0. The lowest BCUT2D eigenvalue weighted by molar-refractivity contribution is 0.435. The molecule has 0 radical (unpaired) electrons. The third kappa shape index (κ3) is 3.38. The van der Waals surface area contributed by atoms with Crippen molar-refractivity contribution in [2.75, 3.05) is 10.8 Å². The van der Waals surface area contributed by atoms with E-state index in [2.05, 4.69) is 15.9 Å². The first-order valence-electron chi connectivity index (χ1n) is 8.39. The van der Waals surface area contributed by atoms with Gasteiger partial charge in [0.2, 0.25) is 0 Å². The Morgan fingerprint density at radius 3 is 2.46 bits per heavy atom. The van der Waals surface area contributed by atoms with Crippen molar-refractivity contribution in [1.29, 1.82) is 0 Å².